The van der Waals surface area contributed by atoms with E-state index in [0.717, 1.165) is 12.1 Å². The number of alkyl halides is 3. The fourth-order valence-corrected chi connectivity index (χ4v) is 3.72. The Balaban J connectivity index is 1.40. The molecule has 0 aromatic heterocycles. The Morgan fingerprint density at radius 2 is 1.53 bits per heavy atom. The summed E-state index contributed by atoms with van der Waals surface area (Å²) in [5.41, 5.74) is 1.36. The fourth-order valence-electron chi connectivity index (χ4n) is 3.72. The van der Waals surface area contributed by atoms with Gasteiger partial charge in [0, 0.05) is 36.6 Å². The molecule has 0 radical (unpaired) electrons. The highest BCUT2D eigenvalue weighted by atomic mass is 19.4. The molecule has 1 N–H and O–H groups in total. The zero-order valence-electron chi connectivity index (χ0n) is 18.0. The molecule has 0 aliphatic carbocycles. The van der Waals surface area contributed by atoms with E-state index in [9.17, 15) is 27.2 Å². The first kappa shape index (κ1) is 23.3. The van der Waals surface area contributed by atoms with Crippen molar-refractivity contribution < 1.29 is 27.2 Å². The number of rotatable bonds is 5. The van der Waals surface area contributed by atoms with Crippen LogP contribution >= 0.6 is 0 Å². The minimum atomic E-state index is -4.40. The molecule has 9 heteroatoms. The lowest BCUT2D eigenvalue weighted by molar-refractivity contribution is -0.137. The first-order valence-corrected chi connectivity index (χ1v) is 10.6. The van der Waals surface area contributed by atoms with Crippen molar-refractivity contribution in [1.29, 1.82) is 0 Å². The van der Waals surface area contributed by atoms with E-state index in [1.165, 1.54) is 36.4 Å². The molecule has 0 spiro atoms. The summed E-state index contributed by atoms with van der Waals surface area (Å²) in [6.07, 6.45) is -3.70. The number of urea groups is 1. The lowest BCUT2D eigenvalue weighted by Gasteiger charge is -2.35. The quantitative estimate of drug-likeness (QED) is 0.469. The molecular formula is C25H21F4N3O2. The second kappa shape index (κ2) is 9.54. The first-order chi connectivity index (χ1) is 16.2. The summed E-state index contributed by atoms with van der Waals surface area (Å²) in [7, 11) is 0. The van der Waals surface area contributed by atoms with E-state index in [2.05, 4.69) is 5.32 Å². The van der Waals surface area contributed by atoms with Crippen molar-refractivity contribution >= 4 is 23.3 Å². The van der Waals surface area contributed by atoms with Gasteiger partial charge in [0.1, 0.15) is 5.82 Å². The Labute approximate surface area is 193 Å². The second-order valence-electron chi connectivity index (χ2n) is 7.91. The highest BCUT2D eigenvalue weighted by Gasteiger charge is 2.30. The standard InChI is InChI=1S/C25H21F4N3O2/c26-20-8-4-18(5-9-20)23(33)30-21-10-12-22(13-11-21)32-15-1-14-31(24(32)34)16-17-2-6-19(7-3-17)25(27,28)29/h2-13H,1,14-16H2,(H,30,33). The molecule has 3 amide bonds. The SMILES string of the molecule is O=C(Nc1ccc(N2CCCN(Cc3ccc(C(F)(F)F)cc3)C2=O)cc1)c1ccc(F)cc1. The summed E-state index contributed by atoms with van der Waals surface area (Å²) in [4.78, 5) is 28.5. The van der Waals surface area contributed by atoms with Gasteiger partial charge in [-0.25, -0.2) is 9.18 Å². The number of carbonyl (C=O) groups excluding carboxylic acids is 2. The molecule has 176 valence electrons. The van der Waals surface area contributed by atoms with E-state index in [4.69, 9.17) is 0 Å². The summed E-state index contributed by atoms with van der Waals surface area (Å²) < 4.78 is 51.3. The van der Waals surface area contributed by atoms with Crippen molar-refractivity contribution in [3.8, 4) is 0 Å². The van der Waals surface area contributed by atoms with Crippen LogP contribution in [0.5, 0.6) is 0 Å². The third-order valence-corrected chi connectivity index (χ3v) is 5.51. The molecule has 1 aliphatic heterocycles. The van der Waals surface area contributed by atoms with Gasteiger partial charge in [-0.15, -0.1) is 0 Å². The number of benzene rings is 3. The van der Waals surface area contributed by atoms with Gasteiger partial charge < -0.3 is 10.2 Å². The number of carbonyl (C=O) groups is 2. The average molecular weight is 471 g/mol. The maximum atomic E-state index is 13.0. The Bertz CT molecular complexity index is 1160. The van der Waals surface area contributed by atoms with Gasteiger partial charge in [0.2, 0.25) is 0 Å². The van der Waals surface area contributed by atoms with Gasteiger partial charge in [-0.2, -0.15) is 13.2 Å². The van der Waals surface area contributed by atoms with Gasteiger partial charge in [0.05, 0.1) is 5.56 Å². The highest BCUT2D eigenvalue weighted by Crippen LogP contribution is 2.29. The van der Waals surface area contributed by atoms with E-state index >= 15 is 0 Å². The summed E-state index contributed by atoms with van der Waals surface area (Å²) in [6.45, 7) is 1.21. The second-order valence-corrected chi connectivity index (χ2v) is 7.91. The lowest BCUT2D eigenvalue weighted by Crippen LogP contribution is -2.49. The lowest BCUT2D eigenvalue weighted by atomic mass is 10.1. The summed E-state index contributed by atoms with van der Waals surface area (Å²) in [6, 6.07) is 16.5. The van der Waals surface area contributed by atoms with Crippen molar-refractivity contribution in [1.82, 2.24) is 4.90 Å². The average Bonchev–Trinajstić information content (AvgIpc) is 2.81. The van der Waals surface area contributed by atoms with Crippen LogP contribution in [0.4, 0.5) is 33.7 Å². The van der Waals surface area contributed by atoms with Crippen LogP contribution in [0.15, 0.2) is 72.8 Å². The molecule has 3 aromatic carbocycles. The summed E-state index contributed by atoms with van der Waals surface area (Å²) in [5, 5.41) is 2.72. The molecule has 5 nitrogen and oxygen atoms in total. The third-order valence-electron chi connectivity index (χ3n) is 5.51. The molecule has 1 fully saturated rings. The predicted molar refractivity (Wildman–Crippen MR) is 120 cm³/mol. The molecule has 0 atom stereocenters. The number of anilines is 2. The van der Waals surface area contributed by atoms with Crippen molar-refractivity contribution in [3.63, 3.8) is 0 Å². The Morgan fingerprint density at radius 3 is 2.15 bits per heavy atom. The zero-order chi connectivity index (χ0) is 24.3. The highest BCUT2D eigenvalue weighted by molar-refractivity contribution is 6.04. The molecule has 3 aromatic rings. The first-order valence-electron chi connectivity index (χ1n) is 10.6. The largest absolute Gasteiger partial charge is 0.416 e. The Kier molecular flexibility index (Phi) is 6.54. The van der Waals surface area contributed by atoms with Gasteiger partial charge in [-0.05, 0) is 72.6 Å². The number of amides is 3. The number of hydrogen-bond donors (Lipinski definition) is 1. The van der Waals surface area contributed by atoms with E-state index in [0.29, 0.717) is 42.0 Å². The summed E-state index contributed by atoms with van der Waals surface area (Å²) >= 11 is 0. The van der Waals surface area contributed by atoms with Crippen LogP contribution in [0, 0.1) is 5.82 Å². The molecule has 0 bridgehead atoms. The maximum Gasteiger partial charge on any atom is 0.416 e. The fraction of sp³-hybridized carbons (Fsp3) is 0.200. The molecule has 34 heavy (non-hydrogen) atoms. The van der Waals surface area contributed by atoms with Gasteiger partial charge >= 0.3 is 12.2 Å². The topological polar surface area (TPSA) is 52.7 Å². The van der Waals surface area contributed by atoms with Crippen LogP contribution in [0.1, 0.15) is 27.9 Å². The monoisotopic (exact) mass is 471 g/mol. The molecular weight excluding hydrogens is 450 g/mol. The molecule has 1 aliphatic rings. The van der Waals surface area contributed by atoms with E-state index in [-0.39, 0.29) is 18.5 Å². The number of nitrogens with zero attached hydrogens (tertiary/aromatic N) is 2. The van der Waals surface area contributed by atoms with Crippen LogP contribution in [0.3, 0.4) is 0 Å². The normalized spacial score (nSPS) is 14.3. The van der Waals surface area contributed by atoms with Crippen LogP contribution in [-0.4, -0.2) is 29.9 Å². The van der Waals surface area contributed by atoms with Crippen molar-refractivity contribution in [2.45, 2.75) is 19.1 Å². The third kappa shape index (κ3) is 5.36. The molecule has 4 rings (SSSR count). The predicted octanol–water partition coefficient (Wildman–Crippen LogP) is 5.93. The molecule has 0 saturated carbocycles. The zero-order valence-corrected chi connectivity index (χ0v) is 18.0. The summed E-state index contributed by atoms with van der Waals surface area (Å²) in [5.74, 6) is -0.816. The van der Waals surface area contributed by atoms with Gasteiger partial charge in [-0.1, -0.05) is 12.1 Å². The van der Waals surface area contributed by atoms with Gasteiger partial charge in [0.25, 0.3) is 5.91 Å². The van der Waals surface area contributed by atoms with Gasteiger partial charge in [-0.3, -0.25) is 9.69 Å². The van der Waals surface area contributed by atoms with E-state index in [1.54, 1.807) is 34.1 Å². The Hall–Kier alpha value is -3.88. The van der Waals surface area contributed by atoms with Crippen molar-refractivity contribution in [2.24, 2.45) is 0 Å². The maximum absolute atomic E-state index is 13.0. The van der Waals surface area contributed by atoms with Crippen LogP contribution in [0.2, 0.25) is 0 Å². The van der Waals surface area contributed by atoms with E-state index < -0.39 is 17.6 Å². The van der Waals surface area contributed by atoms with E-state index in [1.807, 2.05) is 0 Å². The molecule has 1 saturated heterocycles. The minimum absolute atomic E-state index is 0.208. The van der Waals surface area contributed by atoms with Crippen molar-refractivity contribution in [3.05, 3.63) is 95.3 Å². The van der Waals surface area contributed by atoms with Gasteiger partial charge in [0.15, 0.2) is 0 Å². The minimum Gasteiger partial charge on any atom is -0.322 e. The van der Waals surface area contributed by atoms with Crippen LogP contribution < -0.4 is 10.2 Å². The number of halogens is 4. The molecule has 1 heterocycles. The van der Waals surface area contributed by atoms with Crippen molar-refractivity contribution in [2.75, 3.05) is 23.3 Å². The van der Waals surface area contributed by atoms with Crippen LogP contribution in [-0.2, 0) is 12.7 Å². The smallest absolute Gasteiger partial charge is 0.322 e. The number of hydrogen-bond acceptors (Lipinski definition) is 2. The number of nitrogens with one attached hydrogen (secondary N) is 1. The molecule has 0 unspecified atom stereocenters. The Morgan fingerprint density at radius 1 is 0.882 bits per heavy atom. The van der Waals surface area contributed by atoms with Crippen LogP contribution in [0.25, 0.3) is 0 Å².